The van der Waals surface area contributed by atoms with E-state index in [1.807, 2.05) is 4.68 Å². The van der Waals surface area contributed by atoms with Gasteiger partial charge in [0.2, 0.25) is 0 Å². The van der Waals surface area contributed by atoms with E-state index in [4.69, 9.17) is 5.73 Å². The van der Waals surface area contributed by atoms with E-state index in [2.05, 4.69) is 28.9 Å². The lowest BCUT2D eigenvalue weighted by atomic mass is 10.2. The number of anilines is 1. The lowest BCUT2D eigenvalue weighted by Crippen LogP contribution is -2.09. The molecule has 0 aromatic carbocycles. The summed E-state index contributed by atoms with van der Waals surface area (Å²) < 4.78 is 1.93. The van der Waals surface area contributed by atoms with Crippen molar-refractivity contribution in [3.05, 3.63) is 29.0 Å². The molecule has 5 nitrogen and oxygen atoms in total. The van der Waals surface area contributed by atoms with Gasteiger partial charge in [-0.05, 0) is 32.1 Å². The maximum atomic E-state index is 6.18. The van der Waals surface area contributed by atoms with E-state index in [-0.39, 0.29) is 0 Å². The molecule has 0 unspecified atom stereocenters. The second-order valence-electron chi connectivity index (χ2n) is 4.90. The zero-order valence-corrected chi connectivity index (χ0v) is 11.5. The van der Waals surface area contributed by atoms with E-state index >= 15 is 0 Å². The van der Waals surface area contributed by atoms with Crippen LogP contribution in [-0.2, 0) is 25.7 Å². The highest BCUT2D eigenvalue weighted by molar-refractivity contribution is 5.52. The van der Waals surface area contributed by atoms with Crippen molar-refractivity contribution in [2.75, 3.05) is 5.73 Å². The molecule has 1 aliphatic carbocycles. The maximum Gasteiger partial charge on any atom is 0.160 e. The van der Waals surface area contributed by atoms with Gasteiger partial charge in [0.05, 0.1) is 17.1 Å². The maximum absolute atomic E-state index is 6.18. The van der Waals surface area contributed by atoms with E-state index in [0.29, 0.717) is 0 Å². The van der Waals surface area contributed by atoms with Crippen molar-refractivity contribution in [3.63, 3.8) is 0 Å². The van der Waals surface area contributed by atoms with Crippen LogP contribution < -0.4 is 5.73 Å². The SMILES string of the molecule is CCc1nn(-c2ncnc3c2CCC3)c(CC)c1N. The summed E-state index contributed by atoms with van der Waals surface area (Å²) in [6, 6.07) is 0. The molecule has 0 saturated carbocycles. The smallest absolute Gasteiger partial charge is 0.160 e. The molecule has 0 saturated heterocycles. The number of nitrogen functional groups attached to an aromatic ring is 1. The Balaban J connectivity index is 2.20. The molecule has 1 aliphatic rings. The molecule has 0 spiro atoms. The van der Waals surface area contributed by atoms with Crippen LogP contribution in [0, 0.1) is 0 Å². The van der Waals surface area contributed by atoms with Gasteiger partial charge in [0.25, 0.3) is 0 Å². The van der Waals surface area contributed by atoms with Crippen molar-refractivity contribution in [1.82, 2.24) is 19.7 Å². The molecule has 0 fully saturated rings. The van der Waals surface area contributed by atoms with E-state index in [9.17, 15) is 0 Å². The van der Waals surface area contributed by atoms with E-state index in [0.717, 1.165) is 55.0 Å². The number of nitrogens with two attached hydrogens (primary N) is 1. The Morgan fingerprint density at radius 2 is 2.05 bits per heavy atom. The molecule has 2 aromatic rings. The fourth-order valence-electron chi connectivity index (χ4n) is 2.82. The first-order valence-electron chi connectivity index (χ1n) is 6.95. The normalized spacial score (nSPS) is 13.8. The first kappa shape index (κ1) is 12.1. The first-order valence-corrected chi connectivity index (χ1v) is 6.95. The molecule has 0 aliphatic heterocycles. The molecule has 100 valence electrons. The minimum absolute atomic E-state index is 0.815. The van der Waals surface area contributed by atoms with E-state index < -0.39 is 0 Å². The van der Waals surface area contributed by atoms with Gasteiger partial charge < -0.3 is 5.73 Å². The van der Waals surface area contributed by atoms with Crippen LogP contribution >= 0.6 is 0 Å². The Bertz CT molecular complexity index is 615. The van der Waals surface area contributed by atoms with Gasteiger partial charge in [-0.25, -0.2) is 14.6 Å². The zero-order chi connectivity index (χ0) is 13.4. The Labute approximate surface area is 112 Å². The van der Waals surface area contributed by atoms with Crippen molar-refractivity contribution < 1.29 is 0 Å². The molecule has 2 aromatic heterocycles. The summed E-state index contributed by atoms with van der Waals surface area (Å²) in [5.41, 5.74) is 11.4. The molecular weight excluding hydrogens is 238 g/mol. The van der Waals surface area contributed by atoms with Gasteiger partial charge >= 0.3 is 0 Å². The number of rotatable bonds is 3. The zero-order valence-electron chi connectivity index (χ0n) is 11.5. The average molecular weight is 257 g/mol. The first-order chi connectivity index (χ1) is 9.26. The lowest BCUT2D eigenvalue weighted by Gasteiger charge is -2.09. The molecule has 5 heteroatoms. The molecule has 0 radical (unpaired) electrons. The monoisotopic (exact) mass is 257 g/mol. The van der Waals surface area contributed by atoms with E-state index in [1.54, 1.807) is 6.33 Å². The van der Waals surface area contributed by atoms with Crippen molar-refractivity contribution in [2.24, 2.45) is 0 Å². The Morgan fingerprint density at radius 1 is 1.21 bits per heavy atom. The van der Waals surface area contributed by atoms with Gasteiger partial charge in [0, 0.05) is 11.3 Å². The van der Waals surface area contributed by atoms with Crippen LogP contribution in [0.1, 0.15) is 42.9 Å². The van der Waals surface area contributed by atoms with Crippen LogP contribution in [0.3, 0.4) is 0 Å². The summed E-state index contributed by atoms with van der Waals surface area (Å²) >= 11 is 0. The topological polar surface area (TPSA) is 69.6 Å². The summed E-state index contributed by atoms with van der Waals surface area (Å²) in [6.07, 6.45) is 6.58. The standard InChI is InChI=1S/C14H19N5/c1-3-10-13(15)12(4-2)19(18-10)14-9-6-5-7-11(9)16-8-17-14/h8H,3-7,15H2,1-2H3. The third kappa shape index (κ3) is 1.80. The Morgan fingerprint density at radius 3 is 2.79 bits per heavy atom. The van der Waals surface area contributed by atoms with Crippen LogP contribution in [0.25, 0.3) is 5.82 Å². The van der Waals surface area contributed by atoms with Crippen LogP contribution in [0.5, 0.6) is 0 Å². The second-order valence-corrected chi connectivity index (χ2v) is 4.90. The lowest BCUT2D eigenvalue weighted by molar-refractivity contribution is 0.757. The summed E-state index contributed by atoms with van der Waals surface area (Å²) in [5, 5.41) is 4.65. The second kappa shape index (κ2) is 4.64. The highest BCUT2D eigenvalue weighted by atomic mass is 15.3. The average Bonchev–Trinajstić information content (AvgIpc) is 3.02. The van der Waals surface area contributed by atoms with Gasteiger partial charge in [0.15, 0.2) is 5.82 Å². The van der Waals surface area contributed by atoms with E-state index in [1.165, 1.54) is 11.3 Å². The third-order valence-electron chi connectivity index (χ3n) is 3.82. The molecule has 0 atom stereocenters. The largest absolute Gasteiger partial charge is 0.396 e. The van der Waals surface area contributed by atoms with Gasteiger partial charge in [-0.15, -0.1) is 0 Å². The third-order valence-corrected chi connectivity index (χ3v) is 3.82. The van der Waals surface area contributed by atoms with Crippen molar-refractivity contribution in [1.29, 1.82) is 0 Å². The fourth-order valence-corrected chi connectivity index (χ4v) is 2.82. The minimum atomic E-state index is 0.815. The van der Waals surface area contributed by atoms with Crippen LogP contribution in [0.4, 0.5) is 5.69 Å². The molecule has 2 heterocycles. The summed E-state index contributed by atoms with van der Waals surface area (Å²) in [6.45, 7) is 4.18. The number of fused-ring (bicyclic) bond motifs is 1. The Hall–Kier alpha value is -1.91. The molecular formula is C14H19N5. The molecule has 0 bridgehead atoms. The van der Waals surface area contributed by atoms with Gasteiger partial charge in [-0.3, -0.25) is 0 Å². The summed E-state index contributed by atoms with van der Waals surface area (Å²) in [4.78, 5) is 8.82. The molecule has 19 heavy (non-hydrogen) atoms. The summed E-state index contributed by atoms with van der Waals surface area (Å²) in [5.74, 6) is 0.922. The number of nitrogens with zero attached hydrogens (tertiary/aromatic N) is 4. The predicted molar refractivity (Wildman–Crippen MR) is 74.3 cm³/mol. The molecule has 0 amide bonds. The minimum Gasteiger partial charge on any atom is -0.396 e. The van der Waals surface area contributed by atoms with Crippen LogP contribution in [0.2, 0.25) is 0 Å². The van der Waals surface area contributed by atoms with Crippen molar-refractivity contribution in [3.8, 4) is 5.82 Å². The van der Waals surface area contributed by atoms with Crippen molar-refractivity contribution in [2.45, 2.75) is 46.0 Å². The molecule has 2 N–H and O–H groups in total. The van der Waals surface area contributed by atoms with Crippen molar-refractivity contribution >= 4 is 5.69 Å². The quantitative estimate of drug-likeness (QED) is 0.911. The number of hydrogen-bond donors (Lipinski definition) is 1. The highest BCUT2D eigenvalue weighted by Gasteiger charge is 2.22. The predicted octanol–water partition coefficient (Wildman–Crippen LogP) is 1.86. The van der Waals surface area contributed by atoms with Gasteiger partial charge in [-0.2, -0.15) is 5.10 Å². The highest BCUT2D eigenvalue weighted by Crippen LogP contribution is 2.27. The van der Waals surface area contributed by atoms with Crippen LogP contribution in [0.15, 0.2) is 6.33 Å². The Kier molecular flexibility index (Phi) is 2.97. The van der Waals surface area contributed by atoms with Gasteiger partial charge in [0.1, 0.15) is 6.33 Å². The fraction of sp³-hybridized carbons (Fsp3) is 0.500. The summed E-state index contributed by atoms with van der Waals surface area (Å²) in [7, 11) is 0. The van der Waals surface area contributed by atoms with Gasteiger partial charge in [-0.1, -0.05) is 13.8 Å². The molecule has 3 rings (SSSR count). The van der Waals surface area contributed by atoms with Crippen LogP contribution in [-0.4, -0.2) is 19.7 Å². The number of aromatic nitrogens is 4. The number of hydrogen-bond acceptors (Lipinski definition) is 4. The number of aryl methyl sites for hydroxylation is 2.